The molecule has 0 atom stereocenters. The third kappa shape index (κ3) is 5.51. The number of nitrogens with two attached hydrogens (primary N) is 1. The molecule has 29 heavy (non-hydrogen) atoms. The first kappa shape index (κ1) is 20.7. The van der Waals surface area contributed by atoms with E-state index in [2.05, 4.69) is 21.6 Å². The van der Waals surface area contributed by atoms with Crippen LogP contribution in [0.1, 0.15) is 28.1 Å². The molecule has 152 valence electrons. The highest BCUT2D eigenvalue weighted by molar-refractivity contribution is 7.99. The topological polar surface area (TPSA) is 95.1 Å². The molecule has 0 saturated heterocycles. The number of hydrogen-bond acceptors (Lipinski definition) is 6. The van der Waals surface area contributed by atoms with E-state index in [1.54, 1.807) is 0 Å². The summed E-state index contributed by atoms with van der Waals surface area (Å²) in [6.07, 6.45) is 0. The monoisotopic (exact) mass is 411 g/mol. The van der Waals surface area contributed by atoms with Crippen molar-refractivity contribution in [3.63, 3.8) is 0 Å². The van der Waals surface area contributed by atoms with Crippen LogP contribution in [0.2, 0.25) is 0 Å². The van der Waals surface area contributed by atoms with E-state index in [0.29, 0.717) is 11.0 Å². The average Bonchev–Trinajstić information content (AvgIpc) is 3.00. The molecular weight excluding hydrogens is 386 g/mol. The van der Waals surface area contributed by atoms with Crippen molar-refractivity contribution < 1.29 is 9.53 Å². The van der Waals surface area contributed by atoms with Gasteiger partial charge in [-0.25, -0.2) is 4.68 Å². The van der Waals surface area contributed by atoms with E-state index in [0.717, 1.165) is 33.7 Å². The Hall–Kier alpha value is -3.00. The molecule has 3 N–H and O–H groups in total. The fourth-order valence-corrected chi connectivity index (χ4v) is 3.61. The average molecular weight is 412 g/mol. The summed E-state index contributed by atoms with van der Waals surface area (Å²) in [6.45, 7) is 8.21. The minimum atomic E-state index is -0.127. The number of aromatic nitrogens is 3. The first-order valence-corrected chi connectivity index (χ1v) is 10.2. The van der Waals surface area contributed by atoms with Gasteiger partial charge in [-0.1, -0.05) is 35.5 Å². The lowest BCUT2D eigenvalue weighted by Gasteiger charge is -2.09. The predicted molar refractivity (Wildman–Crippen MR) is 116 cm³/mol. The molecule has 2 aromatic carbocycles. The first-order chi connectivity index (χ1) is 13.8. The van der Waals surface area contributed by atoms with Gasteiger partial charge in [-0.15, -0.1) is 10.2 Å². The fourth-order valence-electron chi connectivity index (χ4n) is 2.94. The maximum Gasteiger partial charge on any atom is 0.234 e. The summed E-state index contributed by atoms with van der Waals surface area (Å²) in [5.41, 5.74) is 5.23. The SMILES string of the molecule is Cc1cc(C)cc(OCc2nnc(SCC(=O)Nc3ccc(C)cc3C)n2N)c1. The number of rotatable bonds is 7. The van der Waals surface area contributed by atoms with Gasteiger partial charge in [0.05, 0.1) is 5.75 Å². The Morgan fingerprint density at radius 3 is 2.48 bits per heavy atom. The molecule has 1 aromatic heterocycles. The summed E-state index contributed by atoms with van der Waals surface area (Å²) in [5.74, 6) is 7.36. The zero-order chi connectivity index (χ0) is 21.0. The van der Waals surface area contributed by atoms with E-state index in [1.807, 2.05) is 58.0 Å². The number of ether oxygens (including phenoxy) is 1. The van der Waals surface area contributed by atoms with Gasteiger partial charge in [0.25, 0.3) is 0 Å². The van der Waals surface area contributed by atoms with Crippen LogP contribution in [0.4, 0.5) is 5.69 Å². The van der Waals surface area contributed by atoms with E-state index < -0.39 is 0 Å². The number of benzene rings is 2. The maximum atomic E-state index is 12.3. The van der Waals surface area contributed by atoms with E-state index in [4.69, 9.17) is 10.6 Å². The van der Waals surface area contributed by atoms with Gasteiger partial charge in [0, 0.05) is 5.69 Å². The number of aryl methyl sites for hydroxylation is 4. The quantitative estimate of drug-likeness (QED) is 0.456. The number of carbonyl (C=O) groups excluding carboxylic acids is 1. The van der Waals surface area contributed by atoms with Crippen molar-refractivity contribution in [1.82, 2.24) is 14.9 Å². The maximum absolute atomic E-state index is 12.3. The molecule has 0 aliphatic carbocycles. The number of thioether (sulfide) groups is 1. The highest BCUT2D eigenvalue weighted by atomic mass is 32.2. The third-order valence-electron chi connectivity index (χ3n) is 4.29. The number of nitrogens with zero attached hydrogens (tertiary/aromatic N) is 3. The Morgan fingerprint density at radius 1 is 1.07 bits per heavy atom. The second kappa shape index (κ2) is 9.00. The highest BCUT2D eigenvalue weighted by Gasteiger charge is 2.13. The lowest BCUT2D eigenvalue weighted by molar-refractivity contribution is -0.113. The number of amides is 1. The van der Waals surface area contributed by atoms with E-state index in [9.17, 15) is 4.79 Å². The standard InChI is InChI=1S/C21H25N5O2S/c1-13-5-6-18(16(4)8-13)23-20(27)12-29-21-25-24-19(26(21)22)11-28-17-9-14(2)7-15(3)10-17/h5-10H,11-12,22H2,1-4H3,(H,23,27). The van der Waals surface area contributed by atoms with Crippen LogP contribution in [0.15, 0.2) is 41.6 Å². The second-order valence-corrected chi connectivity index (χ2v) is 7.98. The molecule has 0 bridgehead atoms. The van der Waals surface area contributed by atoms with Crippen molar-refractivity contribution in [1.29, 1.82) is 0 Å². The first-order valence-electron chi connectivity index (χ1n) is 9.22. The van der Waals surface area contributed by atoms with Crippen molar-refractivity contribution in [2.45, 2.75) is 39.5 Å². The zero-order valence-electron chi connectivity index (χ0n) is 17.0. The van der Waals surface area contributed by atoms with Gasteiger partial charge in [0.1, 0.15) is 12.4 Å². The van der Waals surface area contributed by atoms with Gasteiger partial charge in [-0.3, -0.25) is 4.79 Å². The number of hydrogen-bond donors (Lipinski definition) is 2. The molecular formula is C21H25N5O2S. The largest absolute Gasteiger partial charge is 0.486 e. The molecule has 1 amide bonds. The number of nitrogens with one attached hydrogen (secondary N) is 1. The van der Waals surface area contributed by atoms with Crippen LogP contribution in [0, 0.1) is 27.7 Å². The van der Waals surface area contributed by atoms with Crippen molar-refractivity contribution in [2.75, 3.05) is 16.9 Å². The van der Waals surface area contributed by atoms with E-state index in [1.165, 1.54) is 16.4 Å². The van der Waals surface area contributed by atoms with Gasteiger partial charge >= 0.3 is 0 Å². The van der Waals surface area contributed by atoms with Crippen LogP contribution in [-0.2, 0) is 11.4 Å². The van der Waals surface area contributed by atoms with Crippen molar-refractivity contribution in [3.8, 4) is 5.75 Å². The lowest BCUT2D eigenvalue weighted by Crippen LogP contribution is -2.18. The van der Waals surface area contributed by atoms with E-state index >= 15 is 0 Å². The summed E-state index contributed by atoms with van der Waals surface area (Å²) in [5, 5.41) is 11.5. The summed E-state index contributed by atoms with van der Waals surface area (Å²) in [4.78, 5) is 12.3. The zero-order valence-corrected chi connectivity index (χ0v) is 17.8. The van der Waals surface area contributed by atoms with Gasteiger partial charge in [0.2, 0.25) is 11.1 Å². The summed E-state index contributed by atoms with van der Waals surface area (Å²) in [7, 11) is 0. The molecule has 7 nitrogen and oxygen atoms in total. The fraction of sp³-hybridized carbons (Fsp3) is 0.286. The summed E-state index contributed by atoms with van der Waals surface area (Å²) in [6, 6.07) is 11.9. The molecule has 0 spiro atoms. The third-order valence-corrected chi connectivity index (χ3v) is 5.23. The van der Waals surface area contributed by atoms with Crippen LogP contribution in [0.3, 0.4) is 0 Å². The second-order valence-electron chi connectivity index (χ2n) is 7.04. The van der Waals surface area contributed by atoms with Crippen LogP contribution in [0.25, 0.3) is 0 Å². The number of carbonyl (C=O) groups is 1. The van der Waals surface area contributed by atoms with Gasteiger partial charge in [0.15, 0.2) is 5.82 Å². The smallest absolute Gasteiger partial charge is 0.234 e. The van der Waals surface area contributed by atoms with Gasteiger partial charge in [-0.05, 0) is 62.6 Å². The Labute approximate surface area is 174 Å². The minimum absolute atomic E-state index is 0.127. The molecule has 0 radical (unpaired) electrons. The van der Waals surface area contributed by atoms with E-state index in [-0.39, 0.29) is 18.3 Å². The van der Waals surface area contributed by atoms with Crippen LogP contribution >= 0.6 is 11.8 Å². The Morgan fingerprint density at radius 2 is 1.79 bits per heavy atom. The van der Waals surface area contributed by atoms with Crippen molar-refractivity contribution in [2.24, 2.45) is 0 Å². The molecule has 0 unspecified atom stereocenters. The Bertz CT molecular complexity index is 1010. The normalized spacial score (nSPS) is 10.8. The van der Waals surface area contributed by atoms with Crippen LogP contribution in [-0.4, -0.2) is 26.5 Å². The van der Waals surface area contributed by atoms with Crippen molar-refractivity contribution in [3.05, 3.63) is 64.5 Å². The van der Waals surface area contributed by atoms with Crippen LogP contribution < -0.4 is 15.9 Å². The minimum Gasteiger partial charge on any atom is -0.486 e. The Kier molecular flexibility index (Phi) is 6.43. The molecule has 0 fully saturated rings. The van der Waals surface area contributed by atoms with Crippen molar-refractivity contribution >= 4 is 23.4 Å². The summed E-state index contributed by atoms with van der Waals surface area (Å²) < 4.78 is 7.14. The summed E-state index contributed by atoms with van der Waals surface area (Å²) >= 11 is 1.23. The van der Waals surface area contributed by atoms with Gasteiger partial charge in [-0.2, -0.15) is 0 Å². The van der Waals surface area contributed by atoms with Gasteiger partial charge < -0.3 is 15.9 Å². The Balaban J connectivity index is 1.55. The molecule has 1 heterocycles. The molecule has 0 aliphatic rings. The number of anilines is 1. The molecule has 0 saturated carbocycles. The predicted octanol–water partition coefficient (Wildman–Crippen LogP) is 3.54. The molecule has 3 aromatic rings. The van der Waals surface area contributed by atoms with Crippen LogP contribution in [0.5, 0.6) is 5.75 Å². The molecule has 0 aliphatic heterocycles. The number of nitrogen functional groups attached to an aromatic ring is 1. The molecule has 8 heteroatoms. The molecule has 3 rings (SSSR count). The lowest BCUT2D eigenvalue weighted by atomic mass is 10.1. The highest BCUT2D eigenvalue weighted by Crippen LogP contribution is 2.20.